The van der Waals surface area contributed by atoms with E-state index in [1.54, 1.807) is 0 Å². The summed E-state index contributed by atoms with van der Waals surface area (Å²) < 4.78 is 0. The van der Waals surface area contributed by atoms with Gasteiger partial charge in [0.2, 0.25) is 0 Å². The van der Waals surface area contributed by atoms with Crippen molar-refractivity contribution in [2.24, 2.45) is 0 Å². The van der Waals surface area contributed by atoms with E-state index < -0.39 is 5.38 Å². The van der Waals surface area contributed by atoms with Crippen molar-refractivity contribution in [3.05, 3.63) is 21.2 Å². The van der Waals surface area contributed by atoms with Crippen molar-refractivity contribution >= 4 is 52.2 Å². The monoisotopic (exact) mass is 230 g/mol. The molecule has 60 valence electrons. The SMILES string of the molecule is O=C1C=C(Cl)C(Cl)=C(Cl)C1Cl. The molecule has 1 atom stereocenters. The fraction of sp³-hybridized carbons (Fsp3) is 0.167. The Labute approximate surface area is 83.6 Å². The summed E-state index contributed by atoms with van der Waals surface area (Å²) in [5.74, 6) is -0.342. The highest BCUT2D eigenvalue weighted by Gasteiger charge is 2.26. The highest BCUT2D eigenvalue weighted by Crippen LogP contribution is 2.33. The van der Waals surface area contributed by atoms with Gasteiger partial charge in [-0.3, -0.25) is 4.79 Å². The largest absolute Gasteiger partial charge is 0.293 e. The maximum Gasteiger partial charge on any atom is 0.180 e. The Balaban J connectivity index is 3.12. The molecule has 0 amide bonds. The number of rotatable bonds is 0. The van der Waals surface area contributed by atoms with Gasteiger partial charge in [0, 0.05) is 6.08 Å². The van der Waals surface area contributed by atoms with Crippen LogP contribution in [0.25, 0.3) is 0 Å². The van der Waals surface area contributed by atoms with Crippen molar-refractivity contribution < 1.29 is 4.79 Å². The highest BCUT2D eigenvalue weighted by atomic mass is 35.5. The van der Waals surface area contributed by atoms with E-state index in [9.17, 15) is 4.79 Å². The molecule has 0 radical (unpaired) electrons. The lowest BCUT2D eigenvalue weighted by Gasteiger charge is -2.12. The van der Waals surface area contributed by atoms with Gasteiger partial charge in [-0.1, -0.05) is 34.8 Å². The molecule has 1 rings (SSSR count). The van der Waals surface area contributed by atoms with E-state index in [-0.39, 0.29) is 20.9 Å². The van der Waals surface area contributed by atoms with Gasteiger partial charge >= 0.3 is 0 Å². The number of carbonyl (C=O) groups excluding carboxylic acids is 1. The highest BCUT2D eigenvalue weighted by molar-refractivity contribution is 6.54. The fourth-order valence-electron chi connectivity index (χ4n) is 0.612. The summed E-state index contributed by atoms with van der Waals surface area (Å²) >= 11 is 22.2. The molecule has 0 bridgehead atoms. The minimum absolute atomic E-state index is 0.0887. The average Bonchev–Trinajstić information content (AvgIpc) is 1.97. The Hall–Kier alpha value is 0.310. The van der Waals surface area contributed by atoms with Gasteiger partial charge in [-0.15, -0.1) is 11.6 Å². The van der Waals surface area contributed by atoms with Crippen LogP contribution in [0.2, 0.25) is 0 Å². The number of ketones is 1. The molecule has 0 aromatic heterocycles. The smallest absolute Gasteiger partial charge is 0.180 e. The Kier molecular flexibility index (Phi) is 2.87. The first-order valence-electron chi connectivity index (χ1n) is 2.64. The van der Waals surface area contributed by atoms with E-state index >= 15 is 0 Å². The minimum Gasteiger partial charge on any atom is -0.293 e. The molecule has 1 unspecified atom stereocenters. The predicted molar refractivity (Wildman–Crippen MR) is 47.3 cm³/mol. The lowest BCUT2D eigenvalue weighted by atomic mass is 10.1. The third-order valence-corrected chi connectivity index (χ3v) is 3.01. The van der Waals surface area contributed by atoms with E-state index in [1.165, 1.54) is 0 Å². The molecule has 11 heavy (non-hydrogen) atoms. The van der Waals surface area contributed by atoms with Crippen LogP contribution in [0.4, 0.5) is 0 Å². The molecule has 0 heterocycles. The summed E-state index contributed by atoms with van der Waals surface area (Å²) in [6.07, 6.45) is 1.16. The average molecular weight is 232 g/mol. The normalized spacial score (nSPS) is 25.6. The zero-order chi connectivity index (χ0) is 8.59. The van der Waals surface area contributed by atoms with Gasteiger partial charge in [0.25, 0.3) is 0 Å². The molecule has 0 saturated heterocycles. The lowest BCUT2D eigenvalue weighted by molar-refractivity contribution is -0.113. The topological polar surface area (TPSA) is 17.1 Å². The quantitative estimate of drug-likeness (QED) is 0.586. The van der Waals surface area contributed by atoms with Gasteiger partial charge in [-0.05, 0) is 0 Å². The van der Waals surface area contributed by atoms with Crippen LogP contribution in [0.1, 0.15) is 0 Å². The molecule has 0 spiro atoms. The zero-order valence-electron chi connectivity index (χ0n) is 5.07. The van der Waals surface area contributed by atoms with Crippen molar-refractivity contribution in [1.82, 2.24) is 0 Å². The van der Waals surface area contributed by atoms with Gasteiger partial charge < -0.3 is 0 Å². The number of allylic oxidation sites excluding steroid dienone is 4. The molecule has 1 nitrogen and oxygen atoms in total. The maximum absolute atomic E-state index is 10.9. The van der Waals surface area contributed by atoms with Crippen LogP contribution in [0, 0.1) is 0 Å². The third kappa shape index (κ3) is 1.73. The number of alkyl halides is 1. The molecule has 0 aromatic rings. The van der Waals surface area contributed by atoms with Crippen molar-refractivity contribution in [1.29, 1.82) is 0 Å². The standard InChI is InChI=1S/C6H2Cl4O/c7-2-1-3(11)5(9)6(10)4(2)8/h1,5H. The molecular formula is C6H2Cl4O. The van der Waals surface area contributed by atoms with Crippen LogP contribution in [-0.4, -0.2) is 11.2 Å². The summed E-state index contributed by atoms with van der Waals surface area (Å²) in [6.45, 7) is 0. The number of hydrogen-bond acceptors (Lipinski definition) is 1. The molecule has 0 aromatic carbocycles. The molecule has 0 N–H and O–H groups in total. The van der Waals surface area contributed by atoms with Crippen LogP contribution in [0.3, 0.4) is 0 Å². The first-order valence-corrected chi connectivity index (χ1v) is 4.21. The van der Waals surface area contributed by atoms with Crippen molar-refractivity contribution in [2.45, 2.75) is 5.38 Å². The summed E-state index contributed by atoms with van der Waals surface area (Å²) in [5, 5.41) is -0.510. The minimum atomic E-state index is -0.883. The molecular weight excluding hydrogens is 230 g/mol. The van der Waals surface area contributed by atoms with Crippen molar-refractivity contribution in [3.63, 3.8) is 0 Å². The second kappa shape index (κ2) is 3.36. The first-order chi connectivity index (χ1) is 5.04. The van der Waals surface area contributed by atoms with Crippen LogP contribution in [0.15, 0.2) is 21.2 Å². The van der Waals surface area contributed by atoms with Crippen LogP contribution in [0.5, 0.6) is 0 Å². The summed E-state index contributed by atoms with van der Waals surface area (Å²) in [4.78, 5) is 10.9. The molecule has 0 saturated carbocycles. The van der Waals surface area contributed by atoms with Crippen molar-refractivity contribution in [2.75, 3.05) is 0 Å². The summed E-state index contributed by atoms with van der Waals surface area (Å²) in [7, 11) is 0. The van der Waals surface area contributed by atoms with Gasteiger partial charge in [0.15, 0.2) is 5.78 Å². The van der Waals surface area contributed by atoms with Crippen molar-refractivity contribution in [3.8, 4) is 0 Å². The molecule has 1 aliphatic rings. The van der Waals surface area contributed by atoms with Gasteiger partial charge in [0.05, 0.1) is 15.1 Å². The van der Waals surface area contributed by atoms with Gasteiger partial charge in [-0.2, -0.15) is 0 Å². The summed E-state index contributed by atoms with van der Waals surface area (Å²) in [5.41, 5.74) is 0. The number of halogens is 4. The van der Waals surface area contributed by atoms with E-state index in [2.05, 4.69) is 0 Å². The lowest BCUT2D eigenvalue weighted by Crippen LogP contribution is -2.16. The third-order valence-electron chi connectivity index (χ3n) is 1.16. The number of hydrogen-bond donors (Lipinski definition) is 0. The Morgan fingerprint density at radius 2 is 1.82 bits per heavy atom. The van der Waals surface area contributed by atoms with E-state index in [4.69, 9.17) is 46.4 Å². The van der Waals surface area contributed by atoms with Crippen LogP contribution >= 0.6 is 46.4 Å². The summed E-state index contributed by atoms with van der Waals surface area (Å²) in [6, 6.07) is 0. The Bertz CT molecular complexity index is 266. The second-order valence-electron chi connectivity index (χ2n) is 1.92. The number of carbonyl (C=O) groups is 1. The van der Waals surface area contributed by atoms with Crippen LogP contribution in [-0.2, 0) is 4.79 Å². The second-order valence-corrected chi connectivity index (χ2v) is 3.55. The fourth-order valence-corrected chi connectivity index (χ4v) is 1.47. The first kappa shape index (κ1) is 9.40. The Morgan fingerprint density at radius 3 is 2.36 bits per heavy atom. The van der Waals surface area contributed by atoms with E-state index in [0.717, 1.165) is 6.08 Å². The van der Waals surface area contributed by atoms with Gasteiger partial charge in [-0.25, -0.2) is 0 Å². The molecule has 1 aliphatic carbocycles. The van der Waals surface area contributed by atoms with Crippen LogP contribution < -0.4 is 0 Å². The molecule has 5 heteroatoms. The predicted octanol–water partition coefficient (Wildman–Crippen LogP) is 2.99. The zero-order valence-corrected chi connectivity index (χ0v) is 8.10. The molecule has 0 fully saturated rings. The molecule has 0 aliphatic heterocycles. The van der Waals surface area contributed by atoms with E-state index in [0.29, 0.717) is 0 Å². The van der Waals surface area contributed by atoms with E-state index in [1.807, 2.05) is 0 Å². The maximum atomic E-state index is 10.9. The Morgan fingerprint density at radius 1 is 1.27 bits per heavy atom. The van der Waals surface area contributed by atoms with Gasteiger partial charge in [0.1, 0.15) is 5.38 Å².